The Labute approximate surface area is 118 Å². The van der Waals surface area contributed by atoms with Crippen molar-refractivity contribution in [1.29, 1.82) is 0 Å². The monoisotopic (exact) mass is 275 g/mol. The number of carbonyl (C=O) groups excluding carboxylic acids is 1. The maximum absolute atomic E-state index is 12.1. The lowest BCUT2D eigenvalue weighted by Crippen LogP contribution is -2.31. The predicted molar refractivity (Wildman–Crippen MR) is 76.3 cm³/mol. The van der Waals surface area contributed by atoms with Gasteiger partial charge in [0.25, 0.3) is 0 Å². The topological polar surface area (TPSA) is 75.6 Å². The molecule has 20 heavy (non-hydrogen) atoms. The van der Waals surface area contributed by atoms with Gasteiger partial charge in [-0.3, -0.25) is 14.6 Å². The summed E-state index contributed by atoms with van der Waals surface area (Å²) in [7, 11) is 0. The Balaban J connectivity index is 2.03. The average Bonchev–Trinajstić information content (AvgIpc) is 2.82. The molecule has 1 amide bonds. The van der Waals surface area contributed by atoms with Crippen LogP contribution in [0.1, 0.15) is 41.3 Å². The predicted octanol–water partition coefficient (Wildman–Crippen LogP) is 1.72. The molecule has 6 nitrogen and oxygen atoms in total. The van der Waals surface area contributed by atoms with E-state index in [4.69, 9.17) is 0 Å². The summed E-state index contributed by atoms with van der Waals surface area (Å²) in [5.74, 6) is -0.0521. The molecule has 0 aliphatic rings. The molecule has 0 aliphatic carbocycles. The highest BCUT2D eigenvalue weighted by molar-refractivity contribution is 5.76. The molecule has 2 aromatic heterocycles. The van der Waals surface area contributed by atoms with Gasteiger partial charge in [0.05, 0.1) is 17.4 Å². The van der Waals surface area contributed by atoms with Crippen LogP contribution in [-0.4, -0.2) is 25.9 Å². The molecule has 0 fully saturated rings. The number of nitrogens with zero attached hydrogens (tertiary/aromatic N) is 3. The van der Waals surface area contributed by atoms with E-state index in [2.05, 4.69) is 20.6 Å². The Hall–Kier alpha value is -2.11. The average molecular weight is 275 g/mol. The third kappa shape index (κ3) is 2.89. The summed E-state index contributed by atoms with van der Waals surface area (Å²) < 4.78 is 1.71. The van der Waals surface area contributed by atoms with Gasteiger partial charge in [0.15, 0.2) is 0 Å². The number of rotatable bonds is 4. The van der Waals surface area contributed by atoms with Crippen LogP contribution >= 0.6 is 0 Å². The lowest BCUT2D eigenvalue weighted by Gasteiger charge is -2.15. The van der Waals surface area contributed by atoms with E-state index in [0.717, 1.165) is 28.3 Å². The van der Waals surface area contributed by atoms with Crippen molar-refractivity contribution in [2.75, 3.05) is 0 Å². The van der Waals surface area contributed by atoms with Gasteiger partial charge >= 0.3 is 0 Å². The Morgan fingerprint density at radius 3 is 2.60 bits per heavy atom. The fourth-order valence-electron chi connectivity index (χ4n) is 2.53. The second-order valence-corrected chi connectivity index (χ2v) is 5.22. The van der Waals surface area contributed by atoms with Crippen molar-refractivity contribution in [3.05, 3.63) is 34.4 Å². The van der Waals surface area contributed by atoms with Crippen molar-refractivity contribution in [2.24, 2.45) is 0 Å². The molecule has 1 atom stereocenters. The Bertz CT molecular complexity index is 606. The number of aryl methyl sites for hydroxylation is 4. The molecule has 2 rings (SSSR count). The van der Waals surface area contributed by atoms with E-state index in [0.29, 0.717) is 0 Å². The molecule has 2 N–H and O–H groups in total. The first-order chi connectivity index (χ1) is 9.38. The van der Waals surface area contributed by atoms with Crippen molar-refractivity contribution in [3.63, 3.8) is 0 Å². The van der Waals surface area contributed by atoms with Gasteiger partial charge in [0.2, 0.25) is 5.91 Å². The highest BCUT2D eigenvalue weighted by Crippen LogP contribution is 2.18. The first-order valence-electron chi connectivity index (χ1n) is 6.70. The summed E-state index contributed by atoms with van der Waals surface area (Å²) in [5, 5.41) is 14.4. The molecule has 6 heteroatoms. The third-order valence-corrected chi connectivity index (χ3v) is 3.39. The smallest absolute Gasteiger partial charge is 0.242 e. The second-order valence-electron chi connectivity index (χ2n) is 5.22. The zero-order chi connectivity index (χ0) is 14.9. The van der Waals surface area contributed by atoms with Gasteiger partial charge in [-0.1, -0.05) is 0 Å². The zero-order valence-corrected chi connectivity index (χ0v) is 12.6. The fraction of sp³-hybridized carbons (Fsp3) is 0.500. The highest BCUT2D eigenvalue weighted by Gasteiger charge is 2.17. The third-order valence-electron chi connectivity index (χ3n) is 3.39. The van der Waals surface area contributed by atoms with Crippen LogP contribution in [0.25, 0.3) is 0 Å². The Kier molecular flexibility index (Phi) is 3.92. The fourth-order valence-corrected chi connectivity index (χ4v) is 2.53. The van der Waals surface area contributed by atoms with Gasteiger partial charge < -0.3 is 5.32 Å². The molecule has 2 aromatic rings. The van der Waals surface area contributed by atoms with Gasteiger partial charge in [0.1, 0.15) is 6.54 Å². The number of aromatic nitrogens is 4. The second kappa shape index (κ2) is 5.48. The van der Waals surface area contributed by atoms with Crippen molar-refractivity contribution >= 4 is 5.91 Å². The van der Waals surface area contributed by atoms with Crippen LogP contribution in [0, 0.1) is 27.7 Å². The summed E-state index contributed by atoms with van der Waals surface area (Å²) in [6.07, 6.45) is 0. The number of amides is 1. The van der Waals surface area contributed by atoms with Crippen LogP contribution in [0.5, 0.6) is 0 Å². The van der Waals surface area contributed by atoms with Gasteiger partial charge in [-0.2, -0.15) is 10.2 Å². The lowest BCUT2D eigenvalue weighted by atomic mass is 10.1. The van der Waals surface area contributed by atoms with Gasteiger partial charge in [-0.05, 0) is 40.7 Å². The van der Waals surface area contributed by atoms with E-state index in [-0.39, 0.29) is 18.5 Å². The Morgan fingerprint density at radius 1 is 1.40 bits per heavy atom. The standard InChI is InChI=1S/C14H21N5O/c1-8-6-9(2)19(18-8)7-13(20)15-10(3)14-11(4)16-17-12(14)5/h6,10H,7H2,1-5H3,(H,15,20)(H,16,17)/t10-/m0/s1. The van der Waals surface area contributed by atoms with Crippen LogP contribution in [0.3, 0.4) is 0 Å². The van der Waals surface area contributed by atoms with Crippen LogP contribution in [-0.2, 0) is 11.3 Å². The van der Waals surface area contributed by atoms with Crippen molar-refractivity contribution < 1.29 is 4.79 Å². The molecular weight excluding hydrogens is 254 g/mol. The van der Waals surface area contributed by atoms with Crippen molar-refractivity contribution in [2.45, 2.75) is 47.2 Å². The number of H-pyrrole nitrogens is 1. The highest BCUT2D eigenvalue weighted by atomic mass is 16.2. The zero-order valence-electron chi connectivity index (χ0n) is 12.6. The van der Waals surface area contributed by atoms with Crippen LogP contribution in [0.15, 0.2) is 6.07 Å². The van der Waals surface area contributed by atoms with Crippen molar-refractivity contribution in [1.82, 2.24) is 25.3 Å². The molecule has 2 heterocycles. The van der Waals surface area contributed by atoms with E-state index in [1.165, 1.54) is 0 Å². The first-order valence-corrected chi connectivity index (χ1v) is 6.70. The summed E-state index contributed by atoms with van der Waals surface area (Å²) in [4.78, 5) is 12.1. The van der Waals surface area contributed by atoms with E-state index >= 15 is 0 Å². The molecule has 0 saturated carbocycles. The van der Waals surface area contributed by atoms with Crippen LogP contribution in [0.2, 0.25) is 0 Å². The van der Waals surface area contributed by atoms with E-state index in [1.807, 2.05) is 40.7 Å². The van der Waals surface area contributed by atoms with E-state index in [9.17, 15) is 4.79 Å². The van der Waals surface area contributed by atoms with E-state index in [1.54, 1.807) is 4.68 Å². The van der Waals surface area contributed by atoms with Crippen molar-refractivity contribution in [3.8, 4) is 0 Å². The summed E-state index contributed by atoms with van der Waals surface area (Å²) in [5.41, 5.74) is 4.86. The van der Waals surface area contributed by atoms with Gasteiger partial charge in [-0.15, -0.1) is 0 Å². The summed E-state index contributed by atoms with van der Waals surface area (Å²) in [6.45, 7) is 9.95. The maximum Gasteiger partial charge on any atom is 0.242 e. The summed E-state index contributed by atoms with van der Waals surface area (Å²) in [6, 6.07) is 1.89. The molecule has 0 saturated heterocycles. The largest absolute Gasteiger partial charge is 0.348 e. The SMILES string of the molecule is Cc1cc(C)n(CC(=O)N[C@@H](C)c2c(C)n[nH]c2C)n1. The van der Waals surface area contributed by atoms with E-state index < -0.39 is 0 Å². The first kappa shape index (κ1) is 14.3. The minimum absolute atomic E-state index is 0.0521. The number of aromatic amines is 1. The van der Waals surface area contributed by atoms with Crippen LogP contribution < -0.4 is 5.32 Å². The molecule has 0 radical (unpaired) electrons. The Morgan fingerprint density at radius 2 is 2.10 bits per heavy atom. The van der Waals surface area contributed by atoms with Gasteiger partial charge in [0, 0.05) is 17.0 Å². The molecule has 0 aliphatic heterocycles. The van der Waals surface area contributed by atoms with Crippen LogP contribution in [0.4, 0.5) is 0 Å². The maximum atomic E-state index is 12.1. The minimum Gasteiger partial charge on any atom is -0.348 e. The quantitative estimate of drug-likeness (QED) is 0.892. The number of hydrogen-bond acceptors (Lipinski definition) is 3. The molecular formula is C14H21N5O. The molecule has 0 aromatic carbocycles. The minimum atomic E-state index is -0.0711. The lowest BCUT2D eigenvalue weighted by molar-refractivity contribution is -0.122. The molecule has 0 unspecified atom stereocenters. The summed E-state index contributed by atoms with van der Waals surface area (Å²) >= 11 is 0. The van der Waals surface area contributed by atoms with Gasteiger partial charge in [-0.25, -0.2) is 0 Å². The molecule has 0 spiro atoms. The number of hydrogen-bond donors (Lipinski definition) is 2. The normalized spacial score (nSPS) is 12.4. The molecule has 108 valence electrons. The number of carbonyl (C=O) groups is 1. The molecule has 0 bridgehead atoms. The number of nitrogens with one attached hydrogen (secondary N) is 2.